The average Bonchev–Trinajstić information content (AvgIpc) is 2.62. The van der Waals surface area contributed by atoms with Crippen LogP contribution in [0.1, 0.15) is 22.7 Å². The topological polar surface area (TPSA) is 24.5 Å². The third kappa shape index (κ3) is 4.58. The fourth-order valence-electron chi connectivity index (χ4n) is 3.13. The van der Waals surface area contributed by atoms with Gasteiger partial charge in [-0.1, -0.05) is 59.6 Å². The number of benzene rings is 2. The third-order valence-corrected chi connectivity index (χ3v) is 4.88. The van der Waals surface area contributed by atoms with Gasteiger partial charge in [-0.05, 0) is 24.1 Å². The molecule has 128 valence electrons. The number of halogens is 1. The van der Waals surface area contributed by atoms with Crippen molar-refractivity contribution in [1.82, 2.24) is 10.2 Å². The maximum absolute atomic E-state index is 6.47. The van der Waals surface area contributed by atoms with Crippen molar-refractivity contribution in [2.45, 2.75) is 19.5 Å². The standard InChI is InChI=1S/C20H25ClN2O/c1-16-6-8-17(9-7-16)14-22-15-20(23-10-12-24-13-11-23)18-4-2-3-5-19(18)21/h2-9,20,22H,10-15H2,1H3. The molecule has 1 aliphatic rings. The highest BCUT2D eigenvalue weighted by molar-refractivity contribution is 6.31. The monoisotopic (exact) mass is 344 g/mol. The first-order valence-corrected chi connectivity index (χ1v) is 8.94. The summed E-state index contributed by atoms with van der Waals surface area (Å²) in [6.07, 6.45) is 0. The lowest BCUT2D eigenvalue weighted by Gasteiger charge is -2.35. The van der Waals surface area contributed by atoms with E-state index in [2.05, 4.69) is 53.5 Å². The van der Waals surface area contributed by atoms with Crippen LogP contribution in [0.3, 0.4) is 0 Å². The summed E-state index contributed by atoms with van der Waals surface area (Å²) < 4.78 is 5.51. The highest BCUT2D eigenvalue weighted by Crippen LogP contribution is 2.27. The molecule has 1 N–H and O–H groups in total. The second-order valence-electron chi connectivity index (χ2n) is 6.30. The van der Waals surface area contributed by atoms with Crippen LogP contribution in [0, 0.1) is 6.92 Å². The Hall–Kier alpha value is -1.39. The molecule has 0 aliphatic carbocycles. The van der Waals surface area contributed by atoms with E-state index in [1.54, 1.807) is 0 Å². The van der Waals surface area contributed by atoms with Crippen LogP contribution in [0.2, 0.25) is 5.02 Å². The van der Waals surface area contributed by atoms with Crippen molar-refractivity contribution >= 4 is 11.6 Å². The van der Waals surface area contributed by atoms with Gasteiger partial charge in [0.15, 0.2) is 0 Å². The Labute approximate surface area is 149 Å². The quantitative estimate of drug-likeness (QED) is 0.862. The number of hydrogen-bond donors (Lipinski definition) is 1. The van der Waals surface area contributed by atoms with Crippen LogP contribution in [-0.4, -0.2) is 37.7 Å². The molecule has 2 aromatic rings. The van der Waals surface area contributed by atoms with E-state index in [9.17, 15) is 0 Å². The van der Waals surface area contributed by atoms with E-state index >= 15 is 0 Å². The zero-order valence-electron chi connectivity index (χ0n) is 14.2. The van der Waals surface area contributed by atoms with E-state index in [0.29, 0.717) is 0 Å². The van der Waals surface area contributed by atoms with Crippen LogP contribution in [0.5, 0.6) is 0 Å². The van der Waals surface area contributed by atoms with Gasteiger partial charge in [-0.3, -0.25) is 4.90 Å². The lowest BCUT2D eigenvalue weighted by Crippen LogP contribution is -2.42. The van der Waals surface area contributed by atoms with Gasteiger partial charge in [-0.15, -0.1) is 0 Å². The fraction of sp³-hybridized carbons (Fsp3) is 0.400. The summed E-state index contributed by atoms with van der Waals surface area (Å²) >= 11 is 6.47. The molecule has 3 nitrogen and oxygen atoms in total. The van der Waals surface area contributed by atoms with Gasteiger partial charge in [0.05, 0.1) is 13.2 Å². The van der Waals surface area contributed by atoms with Crippen LogP contribution < -0.4 is 5.32 Å². The van der Waals surface area contributed by atoms with Gasteiger partial charge in [-0.2, -0.15) is 0 Å². The third-order valence-electron chi connectivity index (χ3n) is 4.54. The predicted molar refractivity (Wildman–Crippen MR) is 99.5 cm³/mol. The number of nitrogens with zero attached hydrogens (tertiary/aromatic N) is 1. The molecule has 0 saturated carbocycles. The summed E-state index contributed by atoms with van der Waals surface area (Å²) in [5.41, 5.74) is 3.79. The average molecular weight is 345 g/mol. The number of nitrogens with one attached hydrogen (secondary N) is 1. The van der Waals surface area contributed by atoms with Gasteiger partial charge < -0.3 is 10.1 Å². The Kier molecular flexibility index (Phi) is 6.27. The van der Waals surface area contributed by atoms with E-state index in [1.807, 2.05) is 12.1 Å². The van der Waals surface area contributed by atoms with Gasteiger partial charge in [-0.25, -0.2) is 0 Å². The molecule has 3 rings (SSSR count). The molecular weight excluding hydrogens is 320 g/mol. The molecular formula is C20H25ClN2O. The van der Waals surface area contributed by atoms with Crippen molar-refractivity contribution < 1.29 is 4.74 Å². The number of morpholine rings is 1. The Balaban J connectivity index is 1.67. The molecule has 1 saturated heterocycles. The Morgan fingerprint density at radius 3 is 2.50 bits per heavy atom. The van der Waals surface area contributed by atoms with E-state index in [4.69, 9.17) is 16.3 Å². The summed E-state index contributed by atoms with van der Waals surface area (Å²) in [4.78, 5) is 2.47. The molecule has 0 aromatic heterocycles. The van der Waals surface area contributed by atoms with Gasteiger partial charge >= 0.3 is 0 Å². The minimum atomic E-state index is 0.271. The summed E-state index contributed by atoms with van der Waals surface area (Å²) in [5, 5.41) is 4.44. The van der Waals surface area contributed by atoms with Gasteiger partial charge in [0, 0.05) is 37.2 Å². The number of rotatable bonds is 6. The maximum atomic E-state index is 6.47. The first-order chi connectivity index (χ1) is 11.7. The van der Waals surface area contributed by atoms with Gasteiger partial charge in [0.1, 0.15) is 0 Å². The molecule has 1 fully saturated rings. The summed E-state index contributed by atoms with van der Waals surface area (Å²) in [6, 6.07) is 17.1. The van der Waals surface area contributed by atoms with Crippen LogP contribution in [0.25, 0.3) is 0 Å². The van der Waals surface area contributed by atoms with Gasteiger partial charge in [0.25, 0.3) is 0 Å². The van der Waals surface area contributed by atoms with Crippen molar-refractivity contribution in [3.8, 4) is 0 Å². The maximum Gasteiger partial charge on any atom is 0.0594 e. The first-order valence-electron chi connectivity index (χ1n) is 8.56. The predicted octanol–water partition coefficient (Wildman–Crippen LogP) is 3.81. The number of hydrogen-bond acceptors (Lipinski definition) is 3. The van der Waals surface area contributed by atoms with Crippen molar-refractivity contribution in [1.29, 1.82) is 0 Å². The lowest BCUT2D eigenvalue weighted by atomic mass is 10.0. The highest BCUT2D eigenvalue weighted by Gasteiger charge is 2.23. The summed E-state index contributed by atoms with van der Waals surface area (Å²) in [6.45, 7) is 7.33. The molecule has 0 spiro atoms. The molecule has 0 amide bonds. The first kappa shape index (κ1) is 17.4. The largest absolute Gasteiger partial charge is 0.379 e. The summed E-state index contributed by atoms with van der Waals surface area (Å²) in [7, 11) is 0. The molecule has 24 heavy (non-hydrogen) atoms. The van der Waals surface area contributed by atoms with Gasteiger partial charge in [0.2, 0.25) is 0 Å². The Morgan fingerprint density at radius 2 is 1.79 bits per heavy atom. The van der Waals surface area contributed by atoms with E-state index in [0.717, 1.165) is 44.4 Å². The normalized spacial score (nSPS) is 16.9. The molecule has 4 heteroatoms. The van der Waals surface area contributed by atoms with E-state index in [-0.39, 0.29) is 6.04 Å². The minimum Gasteiger partial charge on any atom is -0.379 e. The van der Waals surface area contributed by atoms with Crippen LogP contribution in [0.4, 0.5) is 0 Å². The zero-order chi connectivity index (χ0) is 16.8. The van der Waals surface area contributed by atoms with E-state index < -0.39 is 0 Å². The highest BCUT2D eigenvalue weighted by atomic mass is 35.5. The van der Waals surface area contributed by atoms with Crippen molar-refractivity contribution in [2.75, 3.05) is 32.8 Å². The lowest BCUT2D eigenvalue weighted by molar-refractivity contribution is 0.0161. The Bertz CT molecular complexity index is 638. The van der Waals surface area contributed by atoms with Crippen molar-refractivity contribution in [3.05, 3.63) is 70.2 Å². The molecule has 2 aromatic carbocycles. The molecule has 1 aliphatic heterocycles. The number of ether oxygens (including phenoxy) is 1. The minimum absolute atomic E-state index is 0.271. The SMILES string of the molecule is Cc1ccc(CNCC(c2ccccc2Cl)N2CCOCC2)cc1. The van der Waals surface area contributed by atoms with Crippen molar-refractivity contribution in [2.24, 2.45) is 0 Å². The van der Waals surface area contributed by atoms with Crippen LogP contribution in [-0.2, 0) is 11.3 Å². The Morgan fingerprint density at radius 1 is 1.08 bits per heavy atom. The van der Waals surface area contributed by atoms with Crippen LogP contribution in [0.15, 0.2) is 48.5 Å². The van der Waals surface area contributed by atoms with E-state index in [1.165, 1.54) is 16.7 Å². The second-order valence-corrected chi connectivity index (χ2v) is 6.71. The fourth-order valence-corrected chi connectivity index (χ4v) is 3.39. The number of aryl methyl sites for hydroxylation is 1. The summed E-state index contributed by atoms with van der Waals surface area (Å²) in [5.74, 6) is 0. The van der Waals surface area contributed by atoms with Crippen LogP contribution >= 0.6 is 11.6 Å². The van der Waals surface area contributed by atoms with Crippen molar-refractivity contribution in [3.63, 3.8) is 0 Å². The second kappa shape index (κ2) is 8.63. The molecule has 1 unspecified atom stereocenters. The smallest absolute Gasteiger partial charge is 0.0594 e. The zero-order valence-corrected chi connectivity index (χ0v) is 14.9. The molecule has 0 radical (unpaired) electrons. The molecule has 0 bridgehead atoms. The molecule has 1 heterocycles. The molecule has 1 atom stereocenters.